The lowest BCUT2D eigenvalue weighted by molar-refractivity contribution is 0.0556. The van der Waals surface area contributed by atoms with Crippen molar-refractivity contribution in [2.75, 3.05) is 0 Å². The third-order valence-corrected chi connectivity index (χ3v) is 10.0. The molecule has 1 aliphatic heterocycles. The van der Waals surface area contributed by atoms with Gasteiger partial charge < -0.3 is 4.74 Å². The molecule has 0 aliphatic carbocycles. The first-order valence-electron chi connectivity index (χ1n) is 13.9. The molecule has 5 aromatic carbocycles. The minimum atomic E-state index is -0.825. The Hall–Kier alpha value is -4.00. The maximum absolute atomic E-state index is 7.27. The Morgan fingerprint density at radius 2 is 1.00 bits per heavy atom. The van der Waals surface area contributed by atoms with Crippen LogP contribution in [0.1, 0.15) is 37.5 Å². The van der Waals surface area contributed by atoms with Crippen LogP contribution in [0.25, 0.3) is 0 Å². The minimum absolute atomic E-state index is 0.132. The highest BCUT2D eigenvalue weighted by Crippen LogP contribution is 2.50. The summed E-state index contributed by atoms with van der Waals surface area (Å²) < 4.78 is 7.27. The minimum Gasteiger partial charge on any atom is -0.459 e. The lowest BCUT2D eigenvalue weighted by atomic mass is 9.70. The standard InChI is InChI=1S/C37H34NOP/c1-36(2,3)35-37(28-18-8-4-9-19-28,29-20-10-5-11-21-29)39-34(38-35)32-26-16-17-27-33(32)40(30-22-12-6-13-23-30)31-24-14-7-15-25-31/h4-27,35H,1-3H3. The summed E-state index contributed by atoms with van der Waals surface area (Å²) in [6.07, 6.45) is 0. The van der Waals surface area contributed by atoms with Crippen molar-refractivity contribution in [1.82, 2.24) is 0 Å². The molecule has 0 radical (unpaired) electrons. The van der Waals surface area contributed by atoms with Crippen LogP contribution in [0, 0.1) is 5.41 Å². The van der Waals surface area contributed by atoms with Gasteiger partial charge in [-0.3, -0.25) is 0 Å². The van der Waals surface area contributed by atoms with Crippen LogP contribution >= 0.6 is 7.92 Å². The molecule has 0 saturated heterocycles. The number of nitrogens with zero attached hydrogens (tertiary/aromatic N) is 1. The van der Waals surface area contributed by atoms with Gasteiger partial charge in [-0.2, -0.15) is 0 Å². The number of aliphatic imine (C=N–C) groups is 1. The summed E-state index contributed by atoms with van der Waals surface area (Å²) in [4.78, 5) is 5.47. The van der Waals surface area contributed by atoms with E-state index in [1.165, 1.54) is 15.9 Å². The van der Waals surface area contributed by atoms with E-state index < -0.39 is 13.5 Å². The highest BCUT2D eigenvalue weighted by molar-refractivity contribution is 7.80. The van der Waals surface area contributed by atoms with Crippen molar-refractivity contribution < 1.29 is 4.74 Å². The summed E-state index contributed by atoms with van der Waals surface area (Å²) in [5.74, 6) is 0.711. The zero-order valence-electron chi connectivity index (χ0n) is 23.2. The maximum atomic E-state index is 7.27. The molecular formula is C37H34NOP. The lowest BCUT2D eigenvalue weighted by Crippen LogP contribution is -2.45. The number of ether oxygens (including phenoxy) is 1. The van der Waals surface area contributed by atoms with Crippen LogP contribution in [0.5, 0.6) is 0 Å². The molecule has 5 aromatic rings. The van der Waals surface area contributed by atoms with E-state index in [0.29, 0.717) is 5.90 Å². The average Bonchev–Trinajstić information content (AvgIpc) is 3.42. The second-order valence-electron chi connectivity index (χ2n) is 11.3. The zero-order chi connectivity index (χ0) is 27.6. The third kappa shape index (κ3) is 4.78. The van der Waals surface area contributed by atoms with Crippen LogP contribution in [-0.4, -0.2) is 11.9 Å². The first-order chi connectivity index (χ1) is 19.5. The van der Waals surface area contributed by atoms with Gasteiger partial charge in [0.05, 0.1) is 0 Å². The summed E-state index contributed by atoms with van der Waals surface area (Å²) in [6, 6.07) is 51.4. The van der Waals surface area contributed by atoms with Crippen LogP contribution in [0.4, 0.5) is 0 Å². The predicted octanol–water partition coefficient (Wildman–Crippen LogP) is 7.58. The molecule has 6 rings (SSSR count). The number of benzene rings is 5. The van der Waals surface area contributed by atoms with E-state index in [-0.39, 0.29) is 11.5 Å². The molecule has 1 heterocycles. The number of hydrogen-bond donors (Lipinski definition) is 0. The predicted molar refractivity (Wildman–Crippen MR) is 170 cm³/mol. The van der Waals surface area contributed by atoms with Gasteiger partial charge in [-0.25, -0.2) is 4.99 Å². The molecule has 1 atom stereocenters. The number of rotatable bonds is 6. The molecule has 1 aliphatic rings. The zero-order valence-corrected chi connectivity index (χ0v) is 24.1. The summed E-state index contributed by atoms with van der Waals surface area (Å²) in [5, 5.41) is 3.86. The largest absolute Gasteiger partial charge is 0.459 e. The Morgan fingerprint density at radius 1 is 0.575 bits per heavy atom. The summed E-state index contributed by atoms with van der Waals surface area (Å²) >= 11 is 0. The average molecular weight is 540 g/mol. The first kappa shape index (κ1) is 26.2. The SMILES string of the molecule is CC(C)(C)C1N=C(c2ccccc2P(c2ccccc2)c2ccccc2)OC1(c1ccccc1)c1ccccc1. The highest BCUT2D eigenvalue weighted by Gasteiger charge is 2.54. The lowest BCUT2D eigenvalue weighted by Gasteiger charge is -2.40. The van der Waals surface area contributed by atoms with E-state index in [0.717, 1.165) is 16.7 Å². The Balaban J connectivity index is 1.56. The van der Waals surface area contributed by atoms with Crippen molar-refractivity contribution >= 4 is 29.7 Å². The Morgan fingerprint density at radius 3 is 1.48 bits per heavy atom. The molecule has 0 amide bonds. The van der Waals surface area contributed by atoms with Gasteiger partial charge in [-0.05, 0) is 35.3 Å². The molecule has 0 saturated carbocycles. The number of hydrogen-bond acceptors (Lipinski definition) is 2. The van der Waals surface area contributed by atoms with Crippen molar-refractivity contribution in [3.05, 3.63) is 162 Å². The van der Waals surface area contributed by atoms with Gasteiger partial charge in [-0.1, -0.05) is 160 Å². The molecule has 0 aromatic heterocycles. The Bertz CT molecular complexity index is 1510. The van der Waals surface area contributed by atoms with E-state index in [1.807, 2.05) is 0 Å². The quantitative estimate of drug-likeness (QED) is 0.204. The van der Waals surface area contributed by atoms with Gasteiger partial charge in [-0.15, -0.1) is 0 Å². The van der Waals surface area contributed by atoms with Crippen LogP contribution < -0.4 is 15.9 Å². The van der Waals surface area contributed by atoms with Gasteiger partial charge in [0.1, 0.15) is 6.04 Å². The highest BCUT2D eigenvalue weighted by atomic mass is 31.1. The second-order valence-corrected chi connectivity index (χ2v) is 13.5. The maximum Gasteiger partial charge on any atom is 0.218 e. The molecule has 0 N–H and O–H groups in total. The van der Waals surface area contributed by atoms with E-state index >= 15 is 0 Å². The van der Waals surface area contributed by atoms with Crippen molar-refractivity contribution in [2.45, 2.75) is 32.4 Å². The van der Waals surface area contributed by atoms with Crippen molar-refractivity contribution in [3.63, 3.8) is 0 Å². The van der Waals surface area contributed by atoms with Gasteiger partial charge in [0.15, 0.2) is 5.60 Å². The molecule has 0 bridgehead atoms. The van der Waals surface area contributed by atoms with E-state index in [9.17, 15) is 0 Å². The van der Waals surface area contributed by atoms with Crippen molar-refractivity contribution in [2.24, 2.45) is 10.4 Å². The van der Waals surface area contributed by atoms with E-state index in [4.69, 9.17) is 9.73 Å². The van der Waals surface area contributed by atoms with Crippen LogP contribution in [0.3, 0.4) is 0 Å². The van der Waals surface area contributed by atoms with Gasteiger partial charge >= 0.3 is 0 Å². The fourth-order valence-electron chi connectivity index (χ4n) is 5.77. The Kier molecular flexibility index (Phi) is 7.13. The van der Waals surface area contributed by atoms with Crippen molar-refractivity contribution in [1.29, 1.82) is 0 Å². The second kappa shape index (κ2) is 10.9. The normalized spacial score (nSPS) is 16.4. The molecular weight excluding hydrogens is 505 g/mol. The molecule has 0 spiro atoms. The van der Waals surface area contributed by atoms with Crippen LogP contribution in [-0.2, 0) is 10.3 Å². The van der Waals surface area contributed by atoms with E-state index in [1.54, 1.807) is 0 Å². The molecule has 3 heteroatoms. The fourth-order valence-corrected chi connectivity index (χ4v) is 8.21. The first-order valence-corrected chi connectivity index (χ1v) is 15.2. The summed E-state index contributed by atoms with van der Waals surface area (Å²) in [7, 11) is -0.825. The smallest absolute Gasteiger partial charge is 0.218 e. The fraction of sp³-hybridized carbons (Fsp3) is 0.162. The summed E-state index contributed by atoms with van der Waals surface area (Å²) in [5.41, 5.74) is 2.39. The topological polar surface area (TPSA) is 21.6 Å². The summed E-state index contributed by atoms with van der Waals surface area (Å²) in [6.45, 7) is 6.79. The van der Waals surface area contributed by atoms with E-state index in [2.05, 4.69) is 166 Å². The van der Waals surface area contributed by atoms with Crippen LogP contribution in [0.15, 0.2) is 151 Å². The molecule has 2 nitrogen and oxygen atoms in total. The Labute approximate surface area is 239 Å². The molecule has 1 unspecified atom stereocenters. The molecule has 0 fully saturated rings. The van der Waals surface area contributed by atoms with Crippen LogP contribution in [0.2, 0.25) is 0 Å². The molecule has 198 valence electrons. The van der Waals surface area contributed by atoms with Gasteiger partial charge in [0.2, 0.25) is 5.90 Å². The molecule has 40 heavy (non-hydrogen) atoms. The van der Waals surface area contributed by atoms with Gasteiger partial charge in [0, 0.05) is 16.7 Å². The third-order valence-electron chi connectivity index (χ3n) is 7.52. The monoisotopic (exact) mass is 539 g/mol. The van der Waals surface area contributed by atoms with Gasteiger partial charge in [0.25, 0.3) is 0 Å². The van der Waals surface area contributed by atoms with Crippen molar-refractivity contribution in [3.8, 4) is 0 Å².